The lowest BCUT2D eigenvalue weighted by molar-refractivity contribution is -0.401. The Kier molecular flexibility index (Phi) is 3.13. The average molecular weight is 198 g/mol. The smallest absolute Gasteiger partial charge is 0.236 e. The van der Waals surface area contributed by atoms with Crippen molar-refractivity contribution in [3.05, 3.63) is 32.4 Å². The van der Waals surface area contributed by atoms with Crippen molar-refractivity contribution in [2.45, 2.75) is 19.8 Å². The first-order valence-electron chi connectivity index (χ1n) is 3.86. The van der Waals surface area contributed by atoms with E-state index in [0.717, 1.165) is 11.2 Å². The lowest BCUT2D eigenvalue weighted by Gasteiger charge is -1.94. The molecule has 0 N–H and O–H groups in total. The van der Waals surface area contributed by atoms with E-state index >= 15 is 0 Å². The van der Waals surface area contributed by atoms with E-state index < -0.39 is 4.92 Å². The molecule has 0 unspecified atom stereocenters. The first-order chi connectivity index (χ1) is 6.09. The number of hydrogen-bond acceptors (Lipinski definition) is 4. The van der Waals surface area contributed by atoms with Crippen molar-refractivity contribution in [1.82, 2.24) is 4.98 Å². The highest BCUT2D eigenvalue weighted by molar-refractivity contribution is 7.09. The molecule has 1 aromatic heterocycles. The maximum Gasteiger partial charge on any atom is 0.236 e. The third-order valence-corrected chi connectivity index (χ3v) is 2.56. The van der Waals surface area contributed by atoms with Crippen molar-refractivity contribution < 1.29 is 4.92 Å². The Balaban J connectivity index is 2.75. The molecule has 1 heterocycles. The second-order valence-corrected chi connectivity index (χ2v) is 3.76. The molecule has 0 atom stereocenters. The SMILES string of the molecule is CC(C)c1nc(/C=C/[N+](=O)[O-])cs1. The molecule has 0 saturated heterocycles. The number of thiazole rings is 1. The standard InChI is InChI=1S/C8H10N2O2S/c1-6(2)8-9-7(5-13-8)3-4-10(11)12/h3-6H,1-2H3/b4-3+. The van der Waals surface area contributed by atoms with Gasteiger partial charge in [-0.05, 0) is 0 Å². The molecule has 0 amide bonds. The monoisotopic (exact) mass is 198 g/mol. The molecule has 0 spiro atoms. The average Bonchev–Trinajstić information content (AvgIpc) is 2.48. The fourth-order valence-corrected chi connectivity index (χ4v) is 1.58. The van der Waals surface area contributed by atoms with Crippen molar-refractivity contribution in [1.29, 1.82) is 0 Å². The molecule has 5 heteroatoms. The van der Waals surface area contributed by atoms with Crippen LogP contribution in [0.4, 0.5) is 0 Å². The third-order valence-electron chi connectivity index (χ3n) is 1.40. The first kappa shape index (κ1) is 9.85. The number of aromatic nitrogens is 1. The van der Waals surface area contributed by atoms with Crippen molar-refractivity contribution in [2.75, 3.05) is 0 Å². The molecular weight excluding hydrogens is 188 g/mol. The predicted octanol–water partition coefficient (Wildman–Crippen LogP) is 2.51. The quantitative estimate of drug-likeness (QED) is 0.554. The van der Waals surface area contributed by atoms with Gasteiger partial charge in [-0.15, -0.1) is 11.3 Å². The summed E-state index contributed by atoms with van der Waals surface area (Å²) in [7, 11) is 0. The number of nitrogens with zero attached hydrogens (tertiary/aromatic N) is 2. The second kappa shape index (κ2) is 4.13. The lowest BCUT2D eigenvalue weighted by atomic mass is 10.2. The highest BCUT2D eigenvalue weighted by Crippen LogP contribution is 2.19. The minimum atomic E-state index is -0.492. The van der Waals surface area contributed by atoms with Crippen LogP contribution in [0.1, 0.15) is 30.5 Å². The van der Waals surface area contributed by atoms with Crippen LogP contribution < -0.4 is 0 Å². The summed E-state index contributed by atoms with van der Waals surface area (Å²) in [6, 6.07) is 0. The normalized spacial score (nSPS) is 11.3. The minimum absolute atomic E-state index is 0.378. The third kappa shape index (κ3) is 2.95. The van der Waals surface area contributed by atoms with Gasteiger partial charge in [0.05, 0.1) is 15.6 Å². The molecule has 0 aliphatic carbocycles. The van der Waals surface area contributed by atoms with Gasteiger partial charge in [0.15, 0.2) is 0 Å². The number of rotatable bonds is 3. The van der Waals surface area contributed by atoms with Crippen molar-refractivity contribution in [3.8, 4) is 0 Å². The molecule has 0 bridgehead atoms. The van der Waals surface area contributed by atoms with Crippen LogP contribution in [0.3, 0.4) is 0 Å². The van der Waals surface area contributed by atoms with Crippen LogP contribution in [-0.4, -0.2) is 9.91 Å². The Labute approximate surface area is 80.1 Å². The van der Waals surface area contributed by atoms with Crippen LogP contribution in [0.25, 0.3) is 6.08 Å². The summed E-state index contributed by atoms with van der Waals surface area (Å²) >= 11 is 1.52. The molecule has 1 rings (SSSR count). The van der Waals surface area contributed by atoms with Crippen LogP contribution in [-0.2, 0) is 0 Å². The van der Waals surface area contributed by atoms with Gasteiger partial charge in [-0.25, -0.2) is 4.98 Å². The van der Waals surface area contributed by atoms with E-state index in [1.807, 2.05) is 19.2 Å². The summed E-state index contributed by atoms with van der Waals surface area (Å²) in [5.41, 5.74) is 0.658. The maximum atomic E-state index is 10.0. The van der Waals surface area contributed by atoms with Gasteiger partial charge in [-0.1, -0.05) is 13.8 Å². The van der Waals surface area contributed by atoms with Gasteiger partial charge in [-0.3, -0.25) is 10.1 Å². The summed E-state index contributed by atoms with van der Waals surface area (Å²) in [4.78, 5) is 13.7. The summed E-state index contributed by atoms with van der Waals surface area (Å²) in [5, 5.41) is 12.8. The van der Waals surface area contributed by atoms with Gasteiger partial charge in [0.1, 0.15) is 0 Å². The zero-order valence-electron chi connectivity index (χ0n) is 7.43. The zero-order valence-corrected chi connectivity index (χ0v) is 8.25. The molecular formula is C8H10N2O2S. The molecule has 0 aromatic carbocycles. The number of hydrogen-bond donors (Lipinski definition) is 0. The topological polar surface area (TPSA) is 56.0 Å². The summed E-state index contributed by atoms with van der Waals surface area (Å²) < 4.78 is 0. The van der Waals surface area contributed by atoms with E-state index in [2.05, 4.69) is 4.98 Å². The van der Waals surface area contributed by atoms with Crippen molar-refractivity contribution in [3.63, 3.8) is 0 Å². The van der Waals surface area contributed by atoms with Crippen LogP contribution in [0.2, 0.25) is 0 Å². The van der Waals surface area contributed by atoms with E-state index in [0.29, 0.717) is 11.6 Å². The highest BCUT2D eigenvalue weighted by atomic mass is 32.1. The van der Waals surface area contributed by atoms with Gasteiger partial charge in [0, 0.05) is 17.4 Å². The summed E-state index contributed by atoms with van der Waals surface area (Å²) in [5.74, 6) is 0.378. The Bertz CT molecular complexity index is 331. The highest BCUT2D eigenvalue weighted by Gasteiger charge is 2.03. The molecule has 70 valence electrons. The first-order valence-corrected chi connectivity index (χ1v) is 4.74. The summed E-state index contributed by atoms with van der Waals surface area (Å²) in [6.07, 6.45) is 2.31. The Morgan fingerprint density at radius 1 is 1.69 bits per heavy atom. The van der Waals surface area contributed by atoms with Gasteiger partial charge in [0.2, 0.25) is 6.20 Å². The van der Waals surface area contributed by atoms with Crippen molar-refractivity contribution in [2.24, 2.45) is 0 Å². The van der Waals surface area contributed by atoms with Crippen LogP contribution >= 0.6 is 11.3 Å². The molecule has 0 fully saturated rings. The van der Waals surface area contributed by atoms with Gasteiger partial charge < -0.3 is 0 Å². The molecule has 13 heavy (non-hydrogen) atoms. The molecule has 4 nitrogen and oxygen atoms in total. The summed E-state index contributed by atoms with van der Waals surface area (Å²) in [6.45, 7) is 4.08. The Hall–Kier alpha value is -1.23. The largest absolute Gasteiger partial charge is 0.259 e. The van der Waals surface area contributed by atoms with Crippen LogP contribution in [0.5, 0.6) is 0 Å². The number of nitro groups is 1. The molecule has 0 aliphatic rings. The molecule has 0 aliphatic heterocycles. The van der Waals surface area contributed by atoms with E-state index in [4.69, 9.17) is 0 Å². The minimum Gasteiger partial charge on any atom is -0.259 e. The Morgan fingerprint density at radius 3 is 2.85 bits per heavy atom. The van der Waals surface area contributed by atoms with Gasteiger partial charge in [0.25, 0.3) is 0 Å². The zero-order chi connectivity index (χ0) is 9.84. The Morgan fingerprint density at radius 2 is 2.38 bits per heavy atom. The van der Waals surface area contributed by atoms with E-state index in [1.54, 1.807) is 0 Å². The van der Waals surface area contributed by atoms with Gasteiger partial charge >= 0.3 is 0 Å². The van der Waals surface area contributed by atoms with Gasteiger partial charge in [-0.2, -0.15) is 0 Å². The van der Waals surface area contributed by atoms with Crippen LogP contribution in [0.15, 0.2) is 11.6 Å². The lowest BCUT2D eigenvalue weighted by Crippen LogP contribution is -1.86. The van der Waals surface area contributed by atoms with E-state index in [1.165, 1.54) is 17.4 Å². The second-order valence-electron chi connectivity index (χ2n) is 2.87. The molecule has 0 radical (unpaired) electrons. The van der Waals surface area contributed by atoms with Crippen LogP contribution in [0, 0.1) is 10.1 Å². The van der Waals surface area contributed by atoms with E-state index in [-0.39, 0.29) is 0 Å². The predicted molar refractivity (Wildman–Crippen MR) is 52.2 cm³/mol. The van der Waals surface area contributed by atoms with E-state index in [9.17, 15) is 10.1 Å². The van der Waals surface area contributed by atoms with Crippen molar-refractivity contribution >= 4 is 17.4 Å². The fraction of sp³-hybridized carbons (Fsp3) is 0.375. The fourth-order valence-electron chi connectivity index (χ4n) is 0.780. The molecule has 0 saturated carbocycles. The molecule has 1 aromatic rings. The maximum absolute atomic E-state index is 10.0.